The molecule has 0 heterocycles. The number of nitrogens with zero attached hydrogens (tertiary/aromatic N) is 1. The predicted octanol–water partition coefficient (Wildman–Crippen LogP) is 3.50. The van der Waals surface area contributed by atoms with Gasteiger partial charge in [-0.1, -0.05) is 37.5 Å². The van der Waals surface area contributed by atoms with E-state index < -0.39 is 0 Å². The summed E-state index contributed by atoms with van der Waals surface area (Å²) in [4.78, 5) is 14.4. The van der Waals surface area contributed by atoms with E-state index in [-0.39, 0.29) is 6.03 Å². The zero-order chi connectivity index (χ0) is 14.2. The Morgan fingerprint density at radius 2 is 1.95 bits per heavy atom. The van der Waals surface area contributed by atoms with Crippen molar-refractivity contribution < 1.29 is 9.53 Å². The van der Waals surface area contributed by atoms with E-state index in [0.717, 1.165) is 18.5 Å². The first kappa shape index (κ1) is 14.9. The van der Waals surface area contributed by atoms with Crippen molar-refractivity contribution in [3.8, 4) is 0 Å². The van der Waals surface area contributed by atoms with Crippen molar-refractivity contribution in [2.75, 3.05) is 25.6 Å². The molecule has 1 aromatic carbocycles. The number of methoxy groups -OCH3 is 1. The Morgan fingerprint density at radius 3 is 2.60 bits per heavy atom. The summed E-state index contributed by atoms with van der Waals surface area (Å²) in [6, 6.07) is 9.95. The number of carbonyl (C=O) groups excluding carboxylic acids is 1. The van der Waals surface area contributed by atoms with Crippen LogP contribution in [0.1, 0.15) is 32.1 Å². The Kier molecular flexibility index (Phi) is 5.87. The normalized spacial score (nSPS) is 15.8. The van der Waals surface area contributed by atoms with Crippen LogP contribution in [0.5, 0.6) is 0 Å². The molecular weight excluding hydrogens is 252 g/mol. The van der Waals surface area contributed by atoms with Crippen LogP contribution < -0.4 is 5.32 Å². The number of carbonyl (C=O) groups is 1. The van der Waals surface area contributed by atoms with Crippen LogP contribution in [0.25, 0.3) is 0 Å². The molecule has 2 amide bonds. The molecule has 0 aromatic heterocycles. The van der Waals surface area contributed by atoms with Gasteiger partial charge in [-0.25, -0.2) is 4.79 Å². The van der Waals surface area contributed by atoms with E-state index in [0.29, 0.717) is 19.2 Å². The number of hydrogen-bond acceptors (Lipinski definition) is 2. The molecule has 20 heavy (non-hydrogen) atoms. The third-order valence-electron chi connectivity index (χ3n) is 3.84. The molecular formula is C16H24N2O2. The number of para-hydroxylation sites is 1. The lowest BCUT2D eigenvalue weighted by Crippen LogP contribution is -2.45. The van der Waals surface area contributed by atoms with Crippen molar-refractivity contribution in [1.82, 2.24) is 4.90 Å². The third-order valence-corrected chi connectivity index (χ3v) is 3.84. The molecule has 1 saturated carbocycles. The molecule has 0 saturated heterocycles. The van der Waals surface area contributed by atoms with Crippen LogP contribution in [0, 0.1) is 0 Å². The van der Waals surface area contributed by atoms with Crippen LogP contribution in [0.3, 0.4) is 0 Å². The van der Waals surface area contributed by atoms with Gasteiger partial charge in [-0.15, -0.1) is 0 Å². The molecule has 0 spiro atoms. The van der Waals surface area contributed by atoms with E-state index in [2.05, 4.69) is 5.32 Å². The molecule has 110 valence electrons. The summed E-state index contributed by atoms with van der Waals surface area (Å²) in [6.07, 6.45) is 5.92. The monoisotopic (exact) mass is 276 g/mol. The summed E-state index contributed by atoms with van der Waals surface area (Å²) in [7, 11) is 1.67. The zero-order valence-corrected chi connectivity index (χ0v) is 12.2. The summed E-state index contributed by atoms with van der Waals surface area (Å²) in [5.74, 6) is 0. The topological polar surface area (TPSA) is 41.6 Å². The van der Waals surface area contributed by atoms with Crippen LogP contribution in [-0.2, 0) is 4.74 Å². The van der Waals surface area contributed by atoms with Crippen molar-refractivity contribution in [2.24, 2.45) is 0 Å². The minimum Gasteiger partial charge on any atom is -0.383 e. The number of ether oxygens (including phenoxy) is 1. The predicted molar refractivity (Wildman–Crippen MR) is 80.9 cm³/mol. The van der Waals surface area contributed by atoms with Crippen LogP contribution >= 0.6 is 0 Å². The molecule has 1 N–H and O–H groups in total. The molecule has 0 unspecified atom stereocenters. The molecule has 1 aliphatic rings. The lowest BCUT2D eigenvalue weighted by molar-refractivity contribution is 0.123. The Hall–Kier alpha value is -1.55. The van der Waals surface area contributed by atoms with Gasteiger partial charge in [-0.2, -0.15) is 0 Å². The minimum atomic E-state index is -0.0137. The summed E-state index contributed by atoms with van der Waals surface area (Å²) in [5, 5.41) is 2.98. The van der Waals surface area contributed by atoms with Gasteiger partial charge in [0, 0.05) is 25.4 Å². The Bertz CT molecular complexity index is 402. The van der Waals surface area contributed by atoms with Gasteiger partial charge in [0.2, 0.25) is 0 Å². The molecule has 2 rings (SSSR count). The van der Waals surface area contributed by atoms with Gasteiger partial charge in [-0.3, -0.25) is 0 Å². The van der Waals surface area contributed by atoms with E-state index in [1.807, 2.05) is 35.2 Å². The molecule has 0 bridgehead atoms. The number of urea groups is 1. The SMILES string of the molecule is COCCN(C(=O)Nc1ccccc1)C1CCCCC1. The van der Waals surface area contributed by atoms with Gasteiger partial charge in [0.1, 0.15) is 0 Å². The first-order chi connectivity index (χ1) is 9.81. The fourth-order valence-electron chi connectivity index (χ4n) is 2.75. The Balaban J connectivity index is 1.99. The standard InChI is InChI=1S/C16H24N2O2/c1-20-13-12-18(15-10-6-3-7-11-15)16(19)17-14-8-4-2-5-9-14/h2,4-5,8-9,15H,3,6-7,10-13H2,1H3,(H,17,19). The van der Waals surface area contributed by atoms with E-state index >= 15 is 0 Å². The maximum Gasteiger partial charge on any atom is 0.322 e. The van der Waals surface area contributed by atoms with Crippen molar-refractivity contribution in [3.63, 3.8) is 0 Å². The highest BCUT2D eigenvalue weighted by Gasteiger charge is 2.25. The minimum absolute atomic E-state index is 0.0137. The molecule has 1 fully saturated rings. The fourth-order valence-corrected chi connectivity index (χ4v) is 2.75. The molecule has 0 radical (unpaired) electrons. The number of nitrogens with one attached hydrogen (secondary N) is 1. The van der Waals surface area contributed by atoms with Gasteiger partial charge >= 0.3 is 6.03 Å². The van der Waals surface area contributed by atoms with Crippen molar-refractivity contribution in [3.05, 3.63) is 30.3 Å². The highest BCUT2D eigenvalue weighted by molar-refractivity contribution is 5.89. The van der Waals surface area contributed by atoms with Crippen LogP contribution in [0.4, 0.5) is 10.5 Å². The maximum atomic E-state index is 12.5. The maximum absolute atomic E-state index is 12.5. The van der Waals surface area contributed by atoms with Crippen molar-refractivity contribution in [1.29, 1.82) is 0 Å². The quantitative estimate of drug-likeness (QED) is 0.894. The van der Waals surface area contributed by atoms with E-state index in [4.69, 9.17) is 4.74 Å². The lowest BCUT2D eigenvalue weighted by atomic mass is 9.94. The highest BCUT2D eigenvalue weighted by atomic mass is 16.5. The molecule has 0 aliphatic heterocycles. The molecule has 4 heteroatoms. The van der Waals surface area contributed by atoms with Crippen molar-refractivity contribution in [2.45, 2.75) is 38.1 Å². The molecule has 1 aromatic rings. The molecule has 4 nitrogen and oxygen atoms in total. The second kappa shape index (κ2) is 7.90. The average molecular weight is 276 g/mol. The second-order valence-corrected chi connectivity index (χ2v) is 5.27. The van der Waals surface area contributed by atoms with Crippen LogP contribution in [-0.4, -0.2) is 37.2 Å². The van der Waals surface area contributed by atoms with Crippen LogP contribution in [0.2, 0.25) is 0 Å². The third kappa shape index (κ3) is 4.23. The van der Waals surface area contributed by atoms with Gasteiger partial charge in [0.05, 0.1) is 6.61 Å². The number of rotatable bonds is 5. The number of benzene rings is 1. The smallest absolute Gasteiger partial charge is 0.322 e. The van der Waals surface area contributed by atoms with Gasteiger partial charge < -0.3 is 15.0 Å². The number of amides is 2. The Labute approximate surface area is 121 Å². The van der Waals surface area contributed by atoms with E-state index in [9.17, 15) is 4.79 Å². The largest absolute Gasteiger partial charge is 0.383 e. The molecule has 1 aliphatic carbocycles. The first-order valence-electron chi connectivity index (χ1n) is 7.43. The van der Waals surface area contributed by atoms with E-state index in [1.54, 1.807) is 7.11 Å². The number of hydrogen-bond donors (Lipinski definition) is 1. The summed E-state index contributed by atoms with van der Waals surface area (Å²) >= 11 is 0. The number of anilines is 1. The fraction of sp³-hybridized carbons (Fsp3) is 0.562. The highest BCUT2D eigenvalue weighted by Crippen LogP contribution is 2.23. The Morgan fingerprint density at radius 1 is 1.25 bits per heavy atom. The average Bonchev–Trinajstić information content (AvgIpc) is 2.50. The first-order valence-corrected chi connectivity index (χ1v) is 7.43. The van der Waals surface area contributed by atoms with Gasteiger partial charge in [-0.05, 0) is 25.0 Å². The molecule has 0 atom stereocenters. The zero-order valence-electron chi connectivity index (χ0n) is 12.2. The van der Waals surface area contributed by atoms with Gasteiger partial charge in [0.15, 0.2) is 0 Å². The van der Waals surface area contributed by atoms with Crippen LogP contribution in [0.15, 0.2) is 30.3 Å². The summed E-state index contributed by atoms with van der Waals surface area (Å²) in [6.45, 7) is 1.23. The lowest BCUT2D eigenvalue weighted by Gasteiger charge is -2.34. The van der Waals surface area contributed by atoms with Crippen molar-refractivity contribution >= 4 is 11.7 Å². The van der Waals surface area contributed by atoms with E-state index in [1.165, 1.54) is 19.3 Å². The summed E-state index contributed by atoms with van der Waals surface area (Å²) < 4.78 is 5.14. The van der Waals surface area contributed by atoms with Gasteiger partial charge in [0.25, 0.3) is 0 Å². The summed E-state index contributed by atoms with van der Waals surface area (Å²) in [5.41, 5.74) is 0.843. The second-order valence-electron chi connectivity index (χ2n) is 5.27.